The first-order valence-electron chi connectivity index (χ1n) is 13.1. The third kappa shape index (κ3) is 6.86. The lowest BCUT2D eigenvalue weighted by atomic mass is 9.90. The van der Waals surface area contributed by atoms with Crippen LogP contribution < -0.4 is 15.0 Å². The molecular weight excluding hydrogens is 505 g/mol. The van der Waals surface area contributed by atoms with Crippen molar-refractivity contribution in [1.29, 1.82) is 0 Å². The van der Waals surface area contributed by atoms with Crippen LogP contribution in [0.15, 0.2) is 30.6 Å². The molecule has 1 aromatic heterocycles. The maximum Gasteiger partial charge on any atom is 0.250 e. The summed E-state index contributed by atoms with van der Waals surface area (Å²) in [4.78, 5) is 23.0. The Bertz CT molecular complexity index is 1100. The number of hydrogen-bond acceptors (Lipinski definition) is 5. The molecule has 3 aliphatic rings. The van der Waals surface area contributed by atoms with Gasteiger partial charge < -0.3 is 15.0 Å². The Morgan fingerprint density at radius 3 is 2.62 bits per heavy atom. The second-order valence-corrected chi connectivity index (χ2v) is 11.1. The molecule has 3 fully saturated rings. The summed E-state index contributed by atoms with van der Waals surface area (Å²) >= 11 is 5.88. The predicted octanol–water partition coefficient (Wildman–Crippen LogP) is 5.44. The van der Waals surface area contributed by atoms with Crippen molar-refractivity contribution in [2.75, 3.05) is 24.6 Å². The van der Waals surface area contributed by atoms with Crippen LogP contribution >= 0.6 is 11.6 Å². The van der Waals surface area contributed by atoms with E-state index in [1.807, 2.05) is 0 Å². The lowest BCUT2D eigenvalue weighted by Crippen LogP contribution is -2.35. The first kappa shape index (κ1) is 26.1. The number of benzene rings is 1. The van der Waals surface area contributed by atoms with Crippen LogP contribution in [-0.4, -0.2) is 47.5 Å². The summed E-state index contributed by atoms with van der Waals surface area (Å²) in [6.45, 7) is 2.42. The van der Waals surface area contributed by atoms with Gasteiger partial charge in [0.1, 0.15) is 11.6 Å². The van der Waals surface area contributed by atoms with Crippen molar-refractivity contribution >= 4 is 23.5 Å². The predicted molar refractivity (Wildman–Crippen MR) is 135 cm³/mol. The van der Waals surface area contributed by atoms with Crippen LogP contribution in [-0.2, 0) is 11.2 Å². The van der Waals surface area contributed by atoms with Gasteiger partial charge in [-0.25, -0.2) is 23.1 Å². The maximum absolute atomic E-state index is 14.5. The highest BCUT2D eigenvalue weighted by molar-refractivity contribution is 6.30. The quantitative estimate of drug-likeness (QED) is 0.462. The van der Waals surface area contributed by atoms with E-state index in [2.05, 4.69) is 20.2 Å². The van der Waals surface area contributed by atoms with Crippen molar-refractivity contribution in [1.82, 2.24) is 15.3 Å². The summed E-state index contributed by atoms with van der Waals surface area (Å²) in [7, 11) is 0. The summed E-state index contributed by atoms with van der Waals surface area (Å²) in [5.41, 5.74) is 0.229. The Hall–Kier alpha value is -2.55. The third-order valence-electron chi connectivity index (χ3n) is 7.91. The van der Waals surface area contributed by atoms with Crippen molar-refractivity contribution in [2.45, 2.75) is 63.3 Å². The van der Waals surface area contributed by atoms with Gasteiger partial charge >= 0.3 is 0 Å². The Kier molecular flexibility index (Phi) is 7.79. The first-order valence-corrected chi connectivity index (χ1v) is 13.4. The Labute approximate surface area is 219 Å². The van der Waals surface area contributed by atoms with Gasteiger partial charge in [-0.05, 0) is 61.5 Å². The van der Waals surface area contributed by atoms with Crippen molar-refractivity contribution in [3.05, 3.63) is 47.0 Å². The molecule has 2 heterocycles. The summed E-state index contributed by atoms with van der Waals surface area (Å²) < 4.78 is 46.9. The standard InChI is InChI=1S/C27H32ClF3N4O2/c28-20-15-32-26(33-16-20)35-8-4-17(5-9-35)23-11-18(23)6-10-37-22-2-1-19(24(29)13-22)12-25(36)34-21-3-7-27(30,31)14-21/h1-2,13,15-18,21,23H,3-12,14H2,(H,34,36)/t18-,21?,23-/m1/s1. The lowest BCUT2D eigenvalue weighted by molar-refractivity contribution is -0.121. The van der Waals surface area contributed by atoms with Crippen molar-refractivity contribution < 1.29 is 22.7 Å². The molecule has 1 N–H and O–H groups in total. The summed E-state index contributed by atoms with van der Waals surface area (Å²) in [5.74, 6) is -0.466. The van der Waals surface area contributed by atoms with E-state index >= 15 is 0 Å². The summed E-state index contributed by atoms with van der Waals surface area (Å²) in [6, 6.07) is 3.94. The van der Waals surface area contributed by atoms with Crippen LogP contribution in [0.4, 0.5) is 19.1 Å². The summed E-state index contributed by atoms with van der Waals surface area (Å²) in [6.07, 6.45) is 7.14. The number of anilines is 1. The molecule has 0 bridgehead atoms. The number of ether oxygens (including phenoxy) is 1. The van der Waals surface area contributed by atoms with Gasteiger partial charge in [0.2, 0.25) is 17.8 Å². The van der Waals surface area contributed by atoms with E-state index in [9.17, 15) is 18.0 Å². The Morgan fingerprint density at radius 2 is 1.95 bits per heavy atom. The molecule has 2 saturated carbocycles. The molecule has 1 saturated heterocycles. The molecule has 1 aliphatic heterocycles. The third-order valence-corrected chi connectivity index (χ3v) is 8.11. The fourth-order valence-electron chi connectivity index (χ4n) is 5.79. The highest BCUT2D eigenvalue weighted by Crippen LogP contribution is 2.50. The van der Waals surface area contributed by atoms with E-state index in [-0.39, 0.29) is 31.2 Å². The average molecular weight is 537 g/mol. The van der Waals surface area contributed by atoms with Crippen molar-refractivity contribution in [3.8, 4) is 5.75 Å². The molecule has 6 nitrogen and oxygen atoms in total. The average Bonchev–Trinajstić information content (AvgIpc) is 3.56. The van der Waals surface area contributed by atoms with E-state index in [4.69, 9.17) is 16.3 Å². The maximum atomic E-state index is 14.5. The molecule has 0 radical (unpaired) electrons. The van der Waals surface area contributed by atoms with Crippen molar-refractivity contribution in [2.24, 2.45) is 17.8 Å². The van der Waals surface area contributed by atoms with Gasteiger partial charge in [-0.2, -0.15) is 0 Å². The van der Waals surface area contributed by atoms with Crippen LogP contribution in [0.3, 0.4) is 0 Å². The normalized spacial score (nSPS) is 25.2. The van der Waals surface area contributed by atoms with E-state index in [0.29, 0.717) is 35.1 Å². The number of amides is 1. The van der Waals surface area contributed by atoms with Gasteiger partial charge in [0.25, 0.3) is 0 Å². The number of nitrogens with one attached hydrogen (secondary N) is 1. The first-order chi connectivity index (χ1) is 17.8. The number of carbonyl (C=O) groups excluding carboxylic acids is 1. The minimum Gasteiger partial charge on any atom is -0.493 e. The number of piperidine rings is 1. The largest absolute Gasteiger partial charge is 0.493 e. The van der Waals surface area contributed by atoms with Crippen LogP contribution in [0.25, 0.3) is 0 Å². The van der Waals surface area contributed by atoms with E-state index in [1.165, 1.54) is 18.6 Å². The number of halogens is 4. The molecule has 1 amide bonds. The fraction of sp³-hybridized carbons (Fsp3) is 0.593. The highest BCUT2D eigenvalue weighted by atomic mass is 35.5. The van der Waals surface area contributed by atoms with E-state index in [0.717, 1.165) is 38.3 Å². The van der Waals surface area contributed by atoms with Gasteiger partial charge in [-0.3, -0.25) is 4.79 Å². The number of nitrogens with zero attached hydrogens (tertiary/aromatic N) is 3. The zero-order valence-electron chi connectivity index (χ0n) is 20.6. The van der Waals surface area contributed by atoms with Gasteiger partial charge in [0.05, 0.1) is 30.4 Å². The number of carbonyl (C=O) groups is 1. The van der Waals surface area contributed by atoms with Gasteiger partial charge in [-0.15, -0.1) is 0 Å². The Morgan fingerprint density at radius 1 is 1.19 bits per heavy atom. The molecule has 2 aromatic rings. The second kappa shape index (κ2) is 11.1. The number of hydrogen-bond donors (Lipinski definition) is 1. The number of aromatic nitrogens is 2. The van der Waals surface area contributed by atoms with E-state index in [1.54, 1.807) is 18.5 Å². The smallest absolute Gasteiger partial charge is 0.250 e. The molecule has 0 spiro atoms. The minimum atomic E-state index is -2.73. The van der Waals surface area contributed by atoms with Crippen LogP contribution in [0, 0.1) is 23.6 Å². The SMILES string of the molecule is O=C(Cc1ccc(OCC[C@@H]2C[C@@H]2C2CCN(c3ncc(Cl)cn3)CC2)cc1F)NC1CCC(F)(F)C1. The molecular formula is C27H32ClF3N4O2. The van der Waals surface area contributed by atoms with Gasteiger partial charge in [0.15, 0.2) is 0 Å². The van der Waals surface area contributed by atoms with Crippen LogP contribution in [0.2, 0.25) is 5.02 Å². The fourth-order valence-corrected chi connectivity index (χ4v) is 5.89. The molecule has 5 rings (SSSR count). The number of alkyl halides is 2. The number of rotatable bonds is 9. The van der Waals surface area contributed by atoms with Crippen LogP contribution in [0.1, 0.15) is 50.5 Å². The minimum absolute atomic E-state index is 0.180. The van der Waals surface area contributed by atoms with E-state index < -0.39 is 23.7 Å². The lowest BCUT2D eigenvalue weighted by Gasteiger charge is -2.32. The molecule has 10 heteroatoms. The second-order valence-electron chi connectivity index (χ2n) is 10.6. The van der Waals surface area contributed by atoms with Crippen molar-refractivity contribution in [3.63, 3.8) is 0 Å². The molecule has 2 aliphatic carbocycles. The topological polar surface area (TPSA) is 67.3 Å². The monoisotopic (exact) mass is 536 g/mol. The Balaban J connectivity index is 1.00. The van der Waals surface area contributed by atoms with Gasteiger partial charge in [-0.1, -0.05) is 17.7 Å². The van der Waals surface area contributed by atoms with Crippen LogP contribution in [0.5, 0.6) is 5.75 Å². The molecule has 3 atom stereocenters. The zero-order valence-corrected chi connectivity index (χ0v) is 21.4. The zero-order chi connectivity index (χ0) is 26.0. The highest BCUT2D eigenvalue weighted by Gasteiger charge is 2.43. The molecule has 1 unspecified atom stereocenters. The molecule has 37 heavy (non-hydrogen) atoms. The van der Waals surface area contributed by atoms with Gasteiger partial charge in [0, 0.05) is 38.0 Å². The molecule has 1 aromatic carbocycles. The molecule has 200 valence electrons. The summed E-state index contributed by atoms with van der Waals surface area (Å²) in [5, 5.41) is 3.13.